The number of nitrogens with one attached hydrogen (secondary N) is 1. The summed E-state index contributed by atoms with van der Waals surface area (Å²) in [6, 6.07) is 7.87. The molecule has 0 aliphatic heterocycles. The topological polar surface area (TPSA) is 58.4 Å². The molecule has 6 heteroatoms. The molecule has 4 nitrogen and oxygen atoms in total. The number of carbonyl (C=O) groups is 1. The second kappa shape index (κ2) is 11.7. The molecule has 0 heterocycles. The number of rotatable bonds is 7. The zero-order valence-electron chi connectivity index (χ0n) is 15.5. The number of carbonyl (C=O) groups excluding carboxylic acids is 1. The van der Waals surface area contributed by atoms with Crippen LogP contribution in [0.5, 0.6) is 0 Å². The van der Waals surface area contributed by atoms with Gasteiger partial charge in [0.15, 0.2) is 0 Å². The Labute approximate surface area is 159 Å². The molecule has 0 aromatic heterocycles. The van der Waals surface area contributed by atoms with Gasteiger partial charge >= 0.3 is 0 Å². The normalized spacial score (nSPS) is 12.1. The first-order chi connectivity index (χ1) is 10.3. The van der Waals surface area contributed by atoms with Crippen molar-refractivity contribution in [1.29, 1.82) is 0 Å². The molecule has 0 aliphatic rings. The van der Waals surface area contributed by atoms with Crippen molar-refractivity contribution in [3.63, 3.8) is 0 Å². The third-order valence-electron chi connectivity index (χ3n) is 3.97. The number of hydrogen-bond acceptors (Lipinski definition) is 3. The molecule has 1 aromatic carbocycles. The van der Waals surface area contributed by atoms with Crippen molar-refractivity contribution in [2.24, 2.45) is 11.1 Å². The fraction of sp³-hybridized carbons (Fsp3) is 0.611. The lowest BCUT2D eigenvalue weighted by molar-refractivity contribution is -0.124. The van der Waals surface area contributed by atoms with Crippen LogP contribution in [-0.4, -0.2) is 29.9 Å². The van der Waals surface area contributed by atoms with Crippen molar-refractivity contribution < 1.29 is 4.79 Å². The van der Waals surface area contributed by atoms with E-state index in [0.29, 0.717) is 6.54 Å². The van der Waals surface area contributed by atoms with E-state index in [4.69, 9.17) is 5.73 Å². The highest BCUT2D eigenvalue weighted by molar-refractivity contribution is 5.85. The molecule has 0 aliphatic carbocycles. The molecule has 1 atom stereocenters. The summed E-state index contributed by atoms with van der Waals surface area (Å²) in [5.74, 6) is -0.0957. The van der Waals surface area contributed by atoms with Gasteiger partial charge < -0.3 is 11.1 Å². The van der Waals surface area contributed by atoms with Gasteiger partial charge in [-0.25, -0.2) is 0 Å². The Balaban J connectivity index is 0. The number of nitrogens with zero attached hydrogens (tertiary/aromatic N) is 1. The Morgan fingerprint density at radius 1 is 1.17 bits per heavy atom. The van der Waals surface area contributed by atoms with Crippen LogP contribution in [0.15, 0.2) is 24.3 Å². The molecule has 3 N–H and O–H groups in total. The number of hydrogen-bond donors (Lipinski definition) is 2. The van der Waals surface area contributed by atoms with Crippen molar-refractivity contribution in [3.05, 3.63) is 35.4 Å². The zero-order valence-corrected chi connectivity index (χ0v) is 17.1. The molecule has 0 radical (unpaired) electrons. The van der Waals surface area contributed by atoms with Gasteiger partial charge in [0, 0.05) is 13.1 Å². The van der Waals surface area contributed by atoms with Gasteiger partial charge in [0.1, 0.15) is 0 Å². The molecular weight excluding hydrogens is 345 g/mol. The van der Waals surface area contributed by atoms with Crippen LogP contribution in [0.4, 0.5) is 0 Å². The first kappa shape index (κ1) is 25.4. The summed E-state index contributed by atoms with van der Waals surface area (Å²) in [4.78, 5) is 14.4. The van der Waals surface area contributed by atoms with E-state index in [1.54, 1.807) is 0 Å². The van der Waals surface area contributed by atoms with Gasteiger partial charge in [-0.2, -0.15) is 0 Å². The second-order valence-electron chi connectivity index (χ2n) is 6.84. The van der Waals surface area contributed by atoms with E-state index in [-0.39, 0.29) is 36.1 Å². The Hall–Kier alpha value is -0.810. The predicted octanol–water partition coefficient (Wildman–Crippen LogP) is 3.36. The van der Waals surface area contributed by atoms with Gasteiger partial charge in [-0.1, -0.05) is 58.9 Å². The highest BCUT2D eigenvalue weighted by Gasteiger charge is 2.27. The summed E-state index contributed by atoms with van der Waals surface area (Å²) in [7, 11) is 0. The van der Waals surface area contributed by atoms with Gasteiger partial charge in [0.25, 0.3) is 0 Å². The monoisotopic (exact) mass is 377 g/mol. The molecule has 1 rings (SSSR count). The van der Waals surface area contributed by atoms with E-state index in [0.717, 1.165) is 25.2 Å². The summed E-state index contributed by atoms with van der Waals surface area (Å²) in [5.41, 5.74) is 8.13. The Kier molecular flexibility index (Phi) is 12.4. The van der Waals surface area contributed by atoms with E-state index in [1.807, 2.05) is 32.9 Å². The molecule has 0 unspecified atom stereocenters. The third kappa shape index (κ3) is 8.34. The van der Waals surface area contributed by atoms with Gasteiger partial charge in [0.05, 0.1) is 6.04 Å². The fourth-order valence-corrected chi connectivity index (χ4v) is 2.24. The lowest BCUT2D eigenvalue weighted by Gasteiger charge is -2.25. The predicted molar refractivity (Wildman–Crippen MR) is 107 cm³/mol. The average molecular weight is 378 g/mol. The standard InChI is InChI=1S/C18H31N3O.2ClH/c1-6-21(7-2)13-15-10-8-9-14(11-15)12-20-17(22)16(19)18(3,4)5;;/h8-11,16H,6-7,12-13,19H2,1-5H3,(H,20,22);2*1H/t16-;;/m1../s1. The Bertz CT molecular complexity index is 485. The summed E-state index contributed by atoms with van der Waals surface area (Å²) >= 11 is 0. The molecular formula is C18H33Cl2N3O. The second-order valence-corrected chi connectivity index (χ2v) is 6.84. The van der Waals surface area contributed by atoms with Crippen molar-refractivity contribution >= 4 is 30.7 Å². The lowest BCUT2D eigenvalue weighted by Crippen LogP contribution is -2.48. The molecule has 0 saturated carbocycles. The van der Waals surface area contributed by atoms with E-state index >= 15 is 0 Å². The number of nitrogens with two attached hydrogens (primary N) is 1. The minimum absolute atomic E-state index is 0. The van der Waals surface area contributed by atoms with Gasteiger partial charge in [0.2, 0.25) is 5.91 Å². The zero-order chi connectivity index (χ0) is 16.8. The van der Waals surface area contributed by atoms with Crippen LogP contribution in [-0.2, 0) is 17.9 Å². The third-order valence-corrected chi connectivity index (χ3v) is 3.97. The molecule has 0 spiro atoms. The minimum atomic E-state index is -0.494. The molecule has 24 heavy (non-hydrogen) atoms. The largest absolute Gasteiger partial charge is 0.351 e. The summed E-state index contributed by atoms with van der Waals surface area (Å²) in [5, 5.41) is 2.94. The van der Waals surface area contributed by atoms with Gasteiger partial charge in [-0.15, -0.1) is 24.8 Å². The smallest absolute Gasteiger partial charge is 0.237 e. The molecule has 140 valence electrons. The number of amides is 1. The van der Waals surface area contributed by atoms with Crippen molar-refractivity contribution in [1.82, 2.24) is 10.2 Å². The van der Waals surface area contributed by atoms with Gasteiger partial charge in [-0.3, -0.25) is 9.69 Å². The van der Waals surface area contributed by atoms with Crippen LogP contribution >= 0.6 is 24.8 Å². The Morgan fingerprint density at radius 2 is 1.71 bits per heavy atom. The summed E-state index contributed by atoms with van der Waals surface area (Å²) in [6.45, 7) is 13.8. The molecule has 0 fully saturated rings. The summed E-state index contributed by atoms with van der Waals surface area (Å²) in [6.07, 6.45) is 0. The SMILES string of the molecule is CCN(CC)Cc1cccc(CNC(=O)[C@@H](N)C(C)(C)C)c1.Cl.Cl. The Morgan fingerprint density at radius 3 is 2.21 bits per heavy atom. The van der Waals surface area contributed by atoms with Gasteiger partial charge in [-0.05, 0) is 29.6 Å². The van der Waals surface area contributed by atoms with Crippen molar-refractivity contribution in [3.8, 4) is 0 Å². The summed E-state index contributed by atoms with van der Waals surface area (Å²) < 4.78 is 0. The van der Waals surface area contributed by atoms with E-state index in [2.05, 4.69) is 36.2 Å². The van der Waals surface area contributed by atoms with Crippen molar-refractivity contribution in [2.45, 2.75) is 53.8 Å². The van der Waals surface area contributed by atoms with Crippen LogP contribution in [0.25, 0.3) is 0 Å². The maximum Gasteiger partial charge on any atom is 0.237 e. The minimum Gasteiger partial charge on any atom is -0.351 e. The number of benzene rings is 1. The molecule has 0 saturated heterocycles. The van der Waals surface area contributed by atoms with E-state index < -0.39 is 6.04 Å². The fourth-order valence-electron chi connectivity index (χ4n) is 2.24. The molecule has 1 aromatic rings. The highest BCUT2D eigenvalue weighted by Crippen LogP contribution is 2.17. The van der Waals surface area contributed by atoms with Crippen LogP contribution in [0.3, 0.4) is 0 Å². The van der Waals surface area contributed by atoms with Crippen LogP contribution in [0.1, 0.15) is 45.7 Å². The quantitative estimate of drug-likeness (QED) is 0.765. The van der Waals surface area contributed by atoms with E-state index in [9.17, 15) is 4.79 Å². The first-order valence-corrected chi connectivity index (χ1v) is 8.11. The molecule has 1 amide bonds. The van der Waals surface area contributed by atoms with E-state index in [1.165, 1.54) is 5.56 Å². The number of halogens is 2. The van der Waals surface area contributed by atoms with Crippen LogP contribution in [0, 0.1) is 5.41 Å². The van der Waals surface area contributed by atoms with Crippen LogP contribution < -0.4 is 11.1 Å². The lowest BCUT2D eigenvalue weighted by atomic mass is 9.87. The first-order valence-electron chi connectivity index (χ1n) is 8.11. The average Bonchev–Trinajstić information content (AvgIpc) is 2.49. The van der Waals surface area contributed by atoms with Crippen molar-refractivity contribution in [2.75, 3.05) is 13.1 Å². The highest BCUT2D eigenvalue weighted by atomic mass is 35.5. The maximum absolute atomic E-state index is 12.1. The molecule has 0 bridgehead atoms. The maximum atomic E-state index is 12.1. The van der Waals surface area contributed by atoms with Crippen LogP contribution in [0.2, 0.25) is 0 Å².